The van der Waals surface area contributed by atoms with E-state index in [1.54, 1.807) is 24.3 Å². The van der Waals surface area contributed by atoms with Crippen molar-refractivity contribution < 1.29 is 19.5 Å². The molecule has 0 saturated heterocycles. The van der Waals surface area contributed by atoms with E-state index >= 15 is 0 Å². The first-order valence-electron chi connectivity index (χ1n) is 8.85. The van der Waals surface area contributed by atoms with E-state index in [0.717, 1.165) is 29.5 Å². The summed E-state index contributed by atoms with van der Waals surface area (Å²) >= 11 is 0. The van der Waals surface area contributed by atoms with Gasteiger partial charge >= 0.3 is 5.97 Å². The van der Waals surface area contributed by atoms with Crippen LogP contribution in [-0.2, 0) is 26.2 Å². The Kier molecular flexibility index (Phi) is 5.26. The van der Waals surface area contributed by atoms with Crippen molar-refractivity contribution in [2.75, 3.05) is 11.9 Å². The van der Waals surface area contributed by atoms with Gasteiger partial charge in [-0.1, -0.05) is 42.0 Å². The van der Waals surface area contributed by atoms with Gasteiger partial charge in [0.2, 0.25) is 11.8 Å². The third-order valence-corrected chi connectivity index (χ3v) is 4.77. The smallest absolute Gasteiger partial charge is 0.322 e. The lowest BCUT2D eigenvalue weighted by Crippen LogP contribution is -2.30. The fourth-order valence-corrected chi connectivity index (χ4v) is 3.09. The van der Waals surface area contributed by atoms with E-state index in [4.69, 9.17) is 5.11 Å². The van der Waals surface area contributed by atoms with Crippen molar-refractivity contribution in [2.24, 2.45) is 0 Å². The number of aryl methyl sites for hydroxylation is 1. The molecule has 3 rings (SSSR count). The summed E-state index contributed by atoms with van der Waals surface area (Å²) in [6.07, 6.45) is 1.77. The van der Waals surface area contributed by atoms with Crippen LogP contribution < -0.4 is 10.6 Å². The summed E-state index contributed by atoms with van der Waals surface area (Å²) in [5.74, 6) is -1.45. The average molecular weight is 366 g/mol. The number of carbonyl (C=O) groups excluding carboxylic acids is 2. The first-order chi connectivity index (χ1) is 12.9. The van der Waals surface area contributed by atoms with E-state index in [1.807, 2.05) is 25.1 Å². The molecule has 0 heterocycles. The van der Waals surface area contributed by atoms with E-state index in [1.165, 1.54) is 0 Å². The fraction of sp³-hybridized carbons (Fsp3) is 0.286. The summed E-state index contributed by atoms with van der Waals surface area (Å²) < 4.78 is 0. The maximum absolute atomic E-state index is 12.8. The number of rotatable bonds is 7. The van der Waals surface area contributed by atoms with Gasteiger partial charge in [0.1, 0.15) is 6.54 Å². The van der Waals surface area contributed by atoms with Gasteiger partial charge in [-0.15, -0.1) is 0 Å². The van der Waals surface area contributed by atoms with Crippen LogP contribution in [0.15, 0.2) is 48.5 Å². The van der Waals surface area contributed by atoms with Crippen LogP contribution in [0.5, 0.6) is 0 Å². The molecule has 0 unspecified atom stereocenters. The van der Waals surface area contributed by atoms with E-state index in [9.17, 15) is 14.4 Å². The number of carbonyl (C=O) groups is 3. The Morgan fingerprint density at radius 3 is 2.37 bits per heavy atom. The molecule has 27 heavy (non-hydrogen) atoms. The fourth-order valence-electron chi connectivity index (χ4n) is 3.09. The molecular formula is C21H22N2O4. The number of nitrogens with one attached hydrogen (secondary N) is 2. The molecule has 140 valence electrons. The molecular weight excluding hydrogens is 344 g/mol. The molecule has 2 aromatic carbocycles. The summed E-state index contributed by atoms with van der Waals surface area (Å²) in [7, 11) is 0. The van der Waals surface area contributed by atoms with Crippen LogP contribution in [0.25, 0.3) is 0 Å². The van der Waals surface area contributed by atoms with Gasteiger partial charge in [-0.3, -0.25) is 14.4 Å². The van der Waals surface area contributed by atoms with Gasteiger partial charge in [0, 0.05) is 5.69 Å². The highest BCUT2D eigenvalue weighted by molar-refractivity contribution is 6.01. The average Bonchev–Trinajstić information content (AvgIpc) is 3.44. The van der Waals surface area contributed by atoms with Gasteiger partial charge in [0.05, 0.1) is 11.8 Å². The number of amides is 2. The molecule has 0 aliphatic heterocycles. The number of anilines is 1. The number of carboxylic acids is 1. The van der Waals surface area contributed by atoms with Gasteiger partial charge in [0.15, 0.2) is 0 Å². The lowest BCUT2D eigenvalue weighted by Gasteiger charge is -2.16. The largest absolute Gasteiger partial charge is 0.480 e. The zero-order chi connectivity index (χ0) is 19.4. The molecule has 2 aromatic rings. The van der Waals surface area contributed by atoms with Crippen molar-refractivity contribution in [2.45, 2.75) is 31.6 Å². The summed E-state index contributed by atoms with van der Waals surface area (Å²) in [5.41, 5.74) is 3.16. The zero-order valence-corrected chi connectivity index (χ0v) is 15.1. The van der Waals surface area contributed by atoms with Crippen molar-refractivity contribution in [3.63, 3.8) is 0 Å². The molecule has 1 saturated carbocycles. The third kappa shape index (κ3) is 4.53. The molecule has 0 aromatic heterocycles. The second kappa shape index (κ2) is 7.61. The first-order valence-corrected chi connectivity index (χ1v) is 8.85. The van der Waals surface area contributed by atoms with Gasteiger partial charge in [-0.25, -0.2) is 0 Å². The molecule has 1 aliphatic carbocycles. The number of benzene rings is 2. The number of carboxylic acid groups (broad SMARTS) is 1. The quantitative estimate of drug-likeness (QED) is 0.701. The van der Waals surface area contributed by atoms with Crippen LogP contribution in [0.2, 0.25) is 0 Å². The van der Waals surface area contributed by atoms with Gasteiger partial charge < -0.3 is 15.7 Å². The van der Waals surface area contributed by atoms with E-state index in [-0.39, 0.29) is 18.2 Å². The van der Waals surface area contributed by atoms with Crippen molar-refractivity contribution >= 4 is 23.5 Å². The van der Waals surface area contributed by atoms with E-state index in [2.05, 4.69) is 16.7 Å². The predicted molar refractivity (Wildman–Crippen MR) is 102 cm³/mol. The highest BCUT2D eigenvalue weighted by atomic mass is 16.4. The molecule has 1 fully saturated rings. The Morgan fingerprint density at radius 1 is 1.07 bits per heavy atom. The summed E-state index contributed by atoms with van der Waals surface area (Å²) in [4.78, 5) is 34.9. The molecule has 0 atom stereocenters. The Balaban J connectivity index is 1.60. The predicted octanol–water partition coefficient (Wildman–Crippen LogP) is 2.41. The van der Waals surface area contributed by atoms with Crippen LogP contribution in [0.4, 0.5) is 5.69 Å². The Hall–Kier alpha value is -3.15. The zero-order valence-electron chi connectivity index (χ0n) is 15.1. The van der Waals surface area contributed by atoms with Crippen molar-refractivity contribution in [1.82, 2.24) is 5.32 Å². The van der Waals surface area contributed by atoms with E-state index < -0.39 is 17.9 Å². The lowest BCUT2D eigenvalue weighted by molar-refractivity contribution is -0.137. The topological polar surface area (TPSA) is 95.5 Å². The standard InChI is InChI=1S/C21H22N2O4/c1-14-3-2-4-16(11-14)21(9-10-21)20(27)23-17-7-5-15(6-8-17)12-18(24)22-13-19(25)26/h2-8,11H,9-10,12-13H2,1H3,(H,22,24)(H,23,27)(H,25,26). The molecule has 2 amide bonds. The van der Waals surface area contributed by atoms with Crippen LogP contribution >= 0.6 is 0 Å². The highest BCUT2D eigenvalue weighted by Gasteiger charge is 2.51. The lowest BCUT2D eigenvalue weighted by atomic mass is 9.93. The first kappa shape index (κ1) is 18.6. The maximum Gasteiger partial charge on any atom is 0.322 e. The van der Waals surface area contributed by atoms with Crippen LogP contribution in [-0.4, -0.2) is 29.4 Å². The minimum absolute atomic E-state index is 0.0138. The monoisotopic (exact) mass is 366 g/mol. The second-order valence-electron chi connectivity index (χ2n) is 6.95. The SMILES string of the molecule is Cc1cccc(C2(C(=O)Nc3ccc(CC(=O)NCC(=O)O)cc3)CC2)c1. The van der Waals surface area contributed by atoms with Crippen molar-refractivity contribution in [3.8, 4) is 0 Å². The molecule has 0 radical (unpaired) electrons. The number of aliphatic carboxylic acids is 1. The van der Waals surface area contributed by atoms with Crippen molar-refractivity contribution in [1.29, 1.82) is 0 Å². The number of hydrogen-bond donors (Lipinski definition) is 3. The molecule has 1 aliphatic rings. The molecule has 0 bridgehead atoms. The van der Waals surface area contributed by atoms with Gasteiger partial charge in [0.25, 0.3) is 0 Å². The Labute approximate surface area is 157 Å². The second-order valence-corrected chi connectivity index (χ2v) is 6.95. The minimum Gasteiger partial charge on any atom is -0.480 e. The maximum atomic E-state index is 12.8. The van der Waals surface area contributed by atoms with E-state index in [0.29, 0.717) is 5.69 Å². The Bertz CT molecular complexity index is 870. The van der Waals surface area contributed by atoms with Crippen LogP contribution in [0.1, 0.15) is 29.5 Å². The van der Waals surface area contributed by atoms with Gasteiger partial charge in [-0.2, -0.15) is 0 Å². The minimum atomic E-state index is -1.08. The molecule has 6 nitrogen and oxygen atoms in total. The third-order valence-electron chi connectivity index (χ3n) is 4.77. The van der Waals surface area contributed by atoms with Crippen LogP contribution in [0, 0.1) is 6.92 Å². The molecule has 6 heteroatoms. The summed E-state index contributed by atoms with van der Waals surface area (Å²) in [5, 5.41) is 13.8. The van der Waals surface area contributed by atoms with Crippen molar-refractivity contribution in [3.05, 3.63) is 65.2 Å². The summed E-state index contributed by atoms with van der Waals surface area (Å²) in [6.45, 7) is 1.62. The van der Waals surface area contributed by atoms with Gasteiger partial charge in [-0.05, 0) is 43.0 Å². The normalized spacial score (nSPS) is 14.3. The number of hydrogen-bond acceptors (Lipinski definition) is 3. The molecule has 3 N–H and O–H groups in total. The highest BCUT2D eigenvalue weighted by Crippen LogP contribution is 2.49. The molecule has 0 spiro atoms. The summed E-state index contributed by atoms with van der Waals surface area (Å²) in [6, 6.07) is 15.1. The Morgan fingerprint density at radius 2 is 1.78 bits per heavy atom. The van der Waals surface area contributed by atoms with Crippen LogP contribution in [0.3, 0.4) is 0 Å².